The zero-order chi connectivity index (χ0) is 16.8. The summed E-state index contributed by atoms with van der Waals surface area (Å²) >= 11 is 0. The third-order valence-electron chi connectivity index (χ3n) is 3.56. The summed E-state index contributed by atoms with van der Waals surface area (Å²) in [5.41, 5.74) is 0.476. The summed E-state index contributed by atoms with van der Waals surface area (Å²) in [6.07, 6.45) is 5.09. The molecule has 1 aromatic rings. The van der Waals surface area contributed by atoms with Gasteiger partial charge in [-0.15, -0.1) is 0 Å². The van der Waals surface area contributed by atoms with Gasteiger partial charge in [0.2, 0.25) is 0 Å². The molecule has 0 fully saturated rings. The maximum absolute atomic E-state index is 12.3. The van der Waals surface area contributed by atoms with Gasteiger partial charge in [-0.1, -0.05) is 31.2 Å². The van der Waals surface area contributed by atoms with Crippen molar-refractivity contribution in [3.63, 3.8) is 0 Å². The number of hydroxylamine groups is 2. The summed E-state index contributed by atoms with van der Waals surface area (Å²) in [5, 5.41) is 1.13. The number of ether oxygens (including phenoxy) is 1. The zero-order valence-electron chi connectivity index (χ0n) is 13.4. The van der Waals surface area contributed by atoms with Crippen molar-refractivity contribution in [2.75, 3.05) is 14.2 Å². The van der Waals surface area contributed by atoms with E-state index in [9.17, 15) is 9.59 Å². The number of hydrogen-bond donors (Lipinski definition) is 0. The lowest BCUT2D eigenvalue weighted by atomic mass is 9.94. The van der Waals surface area contributed by atoms with Crippen molar-refractivity contribution in [2.24, 2.45) is 5.92 Å². The summed E-state index contributed by atoms with van der Waals surface area (Å²) in [6, 6.07) is 8.77. The Hall–Kier alpha value is -2.60. The van der Waals surface area contributed by atoms with E-state index in [1.165, 1.54) is 25.3 Å². The predicted molar refractivity (Wildman–Crippen MR) is 85.1 cm³/mol. The molecule has 1 aromatic carbocycles. The molecule has 1 heterocycles. The SMILES string of the molecule is CCC1C=CN(C(=O)Oc2ccccc2)C=C1C(=O)N(C)OC. The number of amides is 2. The number of likely N-dealkylation sites (N-methyl/N-ethyl adjacent to an activating group) is 1. The molecule has 23 heavy (non-hydrogen) atoms. The van der Waals surface area contributed by atoms with Crippen LogP contribution in [0, 0.1) is 5.92 Å². The highest BCUT2D eigenvalue weighted by Gasteiger charge is 2.27. The first-order valence-corrected chi connectivity index (χ1v) is 7.34. The topological polar surface area (TPSA) is 59.1 Å². The Bertz CT molecular complexity index is 625. The third-order valence-corrected chi connectivity index (χ3v) is 3.56. The Balaban J connectivity index is 2.17. The number of hydrogen-bond acceptors (Lipinski definition) is 4. The minimum absolute atomic E-state index is 0.0686. The van der Waals surface area contributed by atoms with E-state index in [0.717, 1.165) is 11.5 Å². The molecule has 6 heteroatoms. The molecular formula is C17H20N2O4. The van der Waals surface area contributed by atoms with Crippen LogP contribution in [-0.4, -0.2) is 36.1 Å². The van der Waals surface area contributed by atoms with Crippen LogP contribution in [0.2, 0.25) is 0 Å². The maximum atomic E-state index is 12.3. The van der Waals surface area contributed by atoms with Crippen LogP contribution in [0.3, 0.4) is 0 Å². The summed E-state index contributed by atoms with van der Waals surface area (Å²) < 4.78 is 5.27. The second-order valence-corrected chi connectivity index (χ2v) is 5.01. The summed E-state index contributed by atoms with van der Waals surface area (Å²) in [4.78, 5) is 30.8. The Morgan fingerprint density at radius 1 is 1.26 bits per heavy atom. The molecule has 1 unspecified atom stereocenters. The molecule has 0 bridgehead atoms. The number of benzene rings is 1. The minimum Gasteiger partial charge on any atom is -0.410 e. The van der Waals surface area contributed by atoms with Gasteiger partial charge < -0.3 is 4.74 Å². The lowest BCUT2D eigenvalue weighted by molar-refractivity contribution is -0.164. The van der Waals surface area contributed by atoms with Gasteiger partial charge in [0.1, 0.15) is 5.75 Å². The van der Waals surface area contributed by atoms with E-state index in [1.54, 1.807) is 30.5 Å². The first-order chi connectivity index (χ1) is 11.1. The molecule has 0 saturated heterocycles. The second kappa shape index (κ2) is 7.60. The van der Waals surface area contributed by atoms with Crippen molar-refractivity contribution in [3.05, 3.63) is 54.4 Å². The molecule has 1 aliphatic rings. The Morgan fingerprint density at radius 2 is 1.96 bits per heavy atom. The molecule has 0 radical (unpaired) electrons. The largest absolute Gasteiger partial charge is 0.423 e. The molecule has 0 aromatic heterocycles. The van der Waals surface area contributed by atoms with Gasteiger partial charge in [-0.25, -0.2) is 9.86 Å². The molecule has 0 saturated carbocycles. The lowest BCUT2D eigenvalue weighted by Gasteiger charge is -2.26. The molecular weight excluding hydrogens is 296 g/mol. The first kappa shape index (κ1) is 16.8. The molecule has 0 spiro atoms. The average Bonchev–Trinajstić information content (AvgIpc) is 2.60. The van der Waals surface area contributed by atoms with E-state index in [2.05, 4.69) is 0 Å². The normalized spacial score (nSPS) is 16.7. The number of carbonyl (C=O) groups is 2. The van der Waals surface area contributed by atoms with Gasteiger partial charge in [-0.05, 0) is 18.6 Å². The van der Waals surface area contributed by atoms with E-state index >= 15 is 0 Å². The standard InChI is InChI=1S/C17H20N2O4/c1-4-13-10-11-19(12-15(13)16(20)18(2)22-3)17(21)23-14-8-6-5-7-9-14/h5-13H,4H2,1-3H3. The van der Waals surface area contributed by atoms with Gasteiger partial charge in [-0.2, -0.15) is 0 Å². The van der Waals surface area contributed by atoms with Gasteiger partial charge in [0, 0.05) is 30.9 Å². The summed E-state index contributed by atoms with van der Waals surface area (Å²) in [7, 11) is 2.94. The van der Waals surface area contributed by atoms with Gasteiger partial charge >= 0.3 is 6.09 Å². The van der Waals surface area contributed by atoms with Crippen molar-refractivity contribution in [1.29, 1.82) is 0 Å². The lowest BCUT2D eigenvalue weighted by Crippen LogP contribution is -2.34. The van der Waals surface area contributed by atoms with E-state index < -0.39 is 6.09 Å². The second-order valence-electron chi connectivity index (χ2n) is 5.01. The van der Waals surface area contributed by atoms with Crippen molar-refractivity contribution >= 4 is 12.0 Å². The quantitative estimate of drug-likeness (QED) is 0.801. The highest BCUT2D eigenvalue weighted by atomic mass is 16.7. The fraction of sp³-hybridized carbons (Fsp3) is 0.294. The maximum Gasteiger partial charge on any atom is 0.423 e. The van der Waals surface area contributed by atoms with Crippen molar-refractivity contribution in [3.8, 4) is 5.75 Å². The molecule has 0 N–H and O–H groups in total. The molecule has 0 aliphatic carbocycles. The molecule has 1 atom stereocenters. The van der Waals surface area contributed by atoms with Crippen LogP contribution in [0.25, 0.3) is 0 Å². The number of nitrogens with zero attached hydrogens (tertiary/aromatic N) is 2. The van der Waals surface area contributed by atoms with Crippen LogP contribution in [0.15, 0.2) is 54.4 Å². The van der Waals surface area contributed by atoms with Crippen LogP contribution < -0.4 is 4.74 Å². The molecule has 6 nitrogen and oxygen atoms in total. The third kappa shape index (κ3) is 3.98. The predicted octanol–water partition coefficient (Wildman–Crippen LogP) is 2.94. The average molecular weight is 316 g/mol. The number of carbonyl (C=O) groups excluding carboxylic acids is 2. The molecule has 2 rings (SSSR count). The Morgan fingerprint density at radius 3 is 2.57 bits per heavy atom. The molecule has 1 aliphatic heterocycles. The zero-order valence-corrected chi connectivity index (χ0v) is 13.4. The van der Waals surface area contributed by atoms with Crippen LogP contribution in [0.5, 0.6) is 5.75 Å². The van der Waals surface area contributed by atoms with E-state index in [4.69, 9.17) is 9.57 Å². The van der Waals surface area contributed by atoms with Crippen molar-refractivity contribution < 1.29 is 19.2 Å². The number of rotatable bonds is 4. The number of allylic oxidation sites excluding steroid dienone is 1. The molecule has 122 valence electrons. The summed E-state index contributed by atoms with van der Waals surface area (Å²) in [5.74, 6) is 0.0842. The van der Waals surface area contributed by atoms with Crippen molar-refractivity contribution in [1.82, 2.24) is 9.96 Å². The van der Waals surface area contributed by atoms with Crippen molar-refractivity contribution in [2.45, 2.75) is 13.3 Å². The minimum atomic E-state index is -0.577. The van der Waals surface area contributed by atoms with Gasteiger partial charge in [0.15, 0.2) is 0 Å². The monoisotopic (exact) mass is 316 g/mol. The van der Waals surface area contributed by atoms with Crippen LogP contribution >= 0.6 is 0 Å². The number of para-hydroxylation sites is 1. The fourth-order valence-electron chi connectivity index (χ4n) is 2.18. The highest BCUT2D eigenvalue weighted by Crippen LogP contribution is 2.25. The fourth-order valence-corrected chi connectivity index (χ4v) is 2.18. The Labute approximate surface area is 135 Å². The Kier molecular flexibility index (Phi) is 5.54. The van der Waals surface area contributed by atoms with Gasteiger partial charge in [-0.3, -0.25) is 14.5 Å². The highest BCUT2D eigenvalue weighted by molar-refractivity contribution is 5.94. The smallest absolute Gasteiger partial charge is 0.410 e. The van der Waals surface area contributed by atoms with E-state index in [-0.39, 0.29) is 11.8 Å². The van der Waals surface area contributed by atoms with Crippen LogP contribution in [0.4, 0.5) is 4.79 Å². The summed E-state index contributed by atoms with van der Waals surface area (Å²) in [6.45, 7) is 1.97. The van der Waals surface area contributed by atoms with Crippen LogP contribution in [0.1, 0.15) is 13.3 Å². The first-order valence-electron chi connectivity index (χ1n) is 7.34. The van der Waals surface area contributed by atoms with Crippen LogP contribution in [-0.2, 0) is 9.63 Å². The van der Waals surface area contributed by atoms with Gasteiger partial charge in [0.05, 0.1) is 7.11 Å². The van der Waals surface area contributed by atoms with E-state index in [0.29, 0.717) is 11.3 Å². The van der Waals surface area contributed by atoms with Gasteiger partial charge in [0.25, 0.3) is 5.91 Å². The van der Waals surface area contributed by atoms with E-state index in [1.807, 2.05) is 19.1 Å². The molecule has 2 amide bonds.